The zero-order valence-corrected chi connectivity index (χ0v) is 12.5. The van der Waals surface area contributed by atoms with Crippen molar-refractivity contribution in [2.75, 3.05) is 7.05 Å². The molecule has 0 amide bonds. The van der Waals surface area contributed by atoms with E-state index in [2.05, 4.69) is 36.5 Å². The minimum Gasteiger partial charge on any atom is -0.469 e. The molecular weight excluding hydrogens is 268 g/mol. The molecule has 1 unspecified atom stereocenters. The van der Waals surface area contributed by atoms with E-state index in [4.69, 9.17) is 9.40 Å². The van der Waals surface area contributed by atoms with Crippen LogP contribution in [0.3, 0.4) is 0 Å². The quantitative estimate of drug-likeness (QED) is 0.771. The molecule has 1 N–H and O–H groups in total. The minimum absolute atomic E-state index is 0.254. The van der Waals surface area contributed by atoms with Crippen molar-refractivity contribution in [3.63, 3.8) is 0 Å². The molecule has 0 aliphatic heterocycles. The molecule has 0 bridgehead atoms. The summed E-state index contributed by atoms with van der Waals surface area (Å²) in [6.07, 6.45) is 3.58. The monoisotopic (exact) mass is 286 g/mol. The van der Waals surface area contributed by atoms with Crippen molar-refractivity contribution < 1.29 is 4.42 Å². The molecule has 0 aliphatic carbocycles. The van der Waals surface area contributed by atoms with Crippen molar-refractivity contribution in [1.29, 1.82) is 0 Å². The molecule has 0 aliphatic rings. The van der Waals surface area contributed by atoms with E-state index >= 15 is 0 Å². The second kappa shape index (κ2) is 5.77. The Morgan fingerprint density at radius 3 is 2.90 bits per heavy atom. The number of hydrogen-bond acceptors (Lipinski definition) is 4. The second-order valence-corrected chi connectivity index (χ2v) is 5.89. The van der Waals surface area contributed by atoms with E-state index in [0.29, 0.717) is 0 Å². The lowest BCUT2D eigenvalue weighted by Gasteiger charge is -2.14. The van der Waals surface area contributed by atoms with E-state index in [1.165, 1.54) is 10.3 Å². The second-order valence-electron chi connectivity index (χ2n) is 4.77. The molecule has 0 radical (unpaired) electrons. The van der Waals surface area contributed by atoms with Crippen molar-refractivity contribution in [3.8, 4) is 0 Å². The fraction of sp³-hybridized carbons (Fsp3) is 0.312. The lowest BCUT2D eigenvalue weighted by atomic mass is 10.0. The summed E-state index contributed by atoms with van der Waals surface area (Å²) in [5, 5.41) is 4.54. The molecule has 0 saturated carbocycles. The Kier molecular flexibility index (Phi) is 3.85. The van der Waals surface area contributed by atoms with Crippen molar-refractivity contribution in [1.82, 2.24) is 10.3 Å². The van der Waals surface area contributed by atoms with Crippen LogP contribution in [0.15, 0.2) is 41.0 Å². The smallest absolute Gasteiger partial charge is 0.108 e. The summed E-state index contributed by atoms with van der Waals surface area (Å²) in [4.78, 5) is 4.71. The number of thiazole rings is 1. The maximum absolute atomic E-state index is 5.54. The van der Waals surface area contributed by atoms with Gasteiger partial charge in [-0.3, -0.25) is 0 Å². The van der Waals surface area contributed by atoms with Gasteiger partial charge >= 0.3 is 0 Å². The number of aromatic nitrogens is 1. The van der Waals surface area contributed by atoms with Gasteiger partial charge in [-0.1, -0.05) is 19.1 Å². The van der Waals surface area contributed by atoms with Gasteiger partial charge in [-0.25, -0.2) is 4.98 Å². The maximum atomic E-state index is 5.54. The maximum Gasteiger partial charge on any atom is 0.108 e. The van der Waals surface area contributed by atoms with Gasteiger partial charge in [0.15, 0.2) is 0 Å². The first kappa shape index (κ1) is 13.3. The van der Waals surface area contributed by atoms with Gasteiger partial charge in [-0.2, -0.15) is 0 Å². The van der Waals surface area contributed by atoms with E-state index in [9.17, 15) is 0 Å². The summed E-state index contributed by atoms with van der Waals surface area (Å²) in [6.45, 7) is 2.12. The van der Waals surface area contributed by atoms with Crippen LogP contribution >= 0.6 is 11.3 Å². The summed E-state index contributed by atoms with van der Waals surface area (Å²) in [7, 11) is 1.99. The summed E-state index contributed by atoms with van der Waals surface area (Å²) in [6, 6.07) is 10.6. The topological polar surface area (TPSA) is 38.1 Å². The number of rotatable bonds is 5. The zero-order chi connectivity index (χ0) is 13.9. The Labute approximate surface area is 122 Å². The summed E-state index contributed by atoms with van der Waals surface area (Å²) >= 11 is 1.77. The fourth-order valence-corrected chi connectivity index (χ4v) is 3.51. The van der Waals surface area contributed by atoms with E-state index in [1.807, 2.05) is 13.1 Å². The summed E-state index contributed by atoms with van der Waals surface area (Å²) in [5.74, 6) is 1.06. The molecule has 3 nitrogen and oxygen atoms in total. The molecule has 4 heteroatoms. The lowest BCUT2D eigenvalue weighted by molar-refractivity contribution is 0.495. The third-order valence-electron chi connectivity index (χ3n) is 3.54. The third kappa shape index (κ3) is 2.49. The van der Waals surface area contributed by atoms with Crippen LogP contribution in [0.5, 0.6) is 0 Å². The number of hydrogen-bond donors (Lipinski definition) is 1. The number of aryl methyl sites for hydroxylation is 1. The van der Waals surface area contributed by atoms with Gasteiger partial charge in [0.25, 0.3) is 0 Å². The van der Waals surface area contributed by atoms with Crippen molar-refractivity contribution >= 4 is 21.6 Å². The number of nitrogens with one attached hydrogen (secondary N) is 1. The first-order chi connectivity index (χ1) is 9.81. The first-order valence-corrected chi connectivity index (χ1v) is 7.71. The van der Waals surface area contributed by atoms with Crippen LogP contribution in [0, 0.1) is 0 Å². The number of fused-ring (bicyclic) bond motifs is 1. The van der Waals surface area contributed by atoms with Crippen LogP contribution in [0.25, 0.3) is 10.2 Å². The Morgan fingerprint density at radius 2 is 2.15 bits per heavy atom. The molecule has 3 aromatic rings. The Bertz CT molecular complexity index is 668. The average molecular weight is 286 g/mol. The normalized spacial score (nSPS) is 12.9. The van der Waals surface area contributed by atoms with Crippen LogP contribution in [-0.4, -0.2) is 12.0 Å². The molecule has 1 aromatic carbocycles. The van der Waals surface area contributed by atoms with Crippen LogP contribution in [-0.2, 0) is 12.8 Å². The molecule has 0 saturated heterocycles. The number of benzene rings is 1. The standard InChI is InChI=1S/C16H18N2OS/c1-3-14-11(8-9-19-14)13(17-2)10-16-18-12-6-4-5-7-15(12)20-16/h4-9,13,17H,3,10H2,1-2H3. The largest absolute Gasteiger partial charge is 0.469 e. The van der Waals surface area contributed by atoms with Crippen LogP contribution < -0.4 is 5.32 Å². The molecule has 104 valence electrons. The molecule has 2 aromatic heterocycles. The lowest BCUT2D eigenvalue weighted by Crippen LogP contribution is -2.19. The van der Waals surface area contributed by atoms with E-state index in [1.54, 1.807) is 17.6 Å². The number of nitrogens with zero attached hydrogens (tertiary/aromatic N) is 1. The van der Waals surface area contributed by atoms with Crippen molar-refractivity contribution in [3.05, 3.63) is 52.9 Å². The number of likely N-dealkylation sites (N-methyl/N-ethyl adjacent to an activating group) is 1. The highest BCUT2D eigenvalue weighted by Gasteiger charge is 2.17. The highest BCUT2D eigenvalue weighted by molar-refractivity contribution is 7.18. The van der Waals surface area contributed by atoms with E-state index < -0.39 is 0 Å². The van der Waals surface area contributed by atoms with Gasteiger partial charge in [0.1, 0.15) is 5.76 Å². The van der Waals surface area contributed by atoms with Gasteiger partial charge in [-0.05, 0) is 25.2 Å². The Morgan fingerprint density at radius 1 is 1.30 bits per heavy atom. The van der Waals surface area contributed by atoms with Gasteiger partial charge in [-0.15, -0.1) is 11.3 Å². The van der Waals surface area contributed by atoms with E-state index in [-0.39, 0.29) is 6.04 Å². The summed E-state index contributed by atoms with van der Waals surface area (Å²) in [5.41, 5.74) is 2.33. The van der Waals surface area contributed by atoms with Crippen LogP contribution in [0.4, 0.5) is 0 Å². The van der Waals surface area contributed by atoms with Crippen molar-refractivity contribution in [2.24, 2.45) is 0 Å². The highest BCUT2D eigenvalue weighted by Crippen LogP contribution is 2.28. The predicted octanol–water partition coefficient (Wildman–Crippen LogP) is 3.95. The molecular formula is C16H18N2OS. The van der Waals surface area contributed by atoms with Gasteiger partial charge in [0.2, 0.25) is 0 Å². The van der Waals surface area contributed by atoms with E-state index in [0.717, 1.165) is 29.1 Å². The Balaban J connectivity index is 1.87. The van der Waals surface area contributed by atoms with Gasteiger partial charge < -0.3 is 9.73 Å². The molecule has 2 heterocycles. The van der Waals surface area contributed by atoms with Crippen molar-refractivity contribution in [2.45, 2.75) is 25.8 Å². The average Bonchev–Trinajstić information content (AvgIpc) is 3.10. The number of para-hydroxylation sites is 1. The first-order valence-electron chi connectivity index (χ1n) is 6.89. The number of furan rings is 1. The minimum atomic E-state index is 0.254. The van der Waals surface area contributed by atoms with Crippen LogP contribution in [0.2, 0.25) is 0 Å². The fourth-order valence-electron chi connectivity index (χ4n) is 2.50. The third-order valence-corrected chi connectivity index (χ3v) is 4.60. The van der Waals surface area contributed by atoms with Gasteiger partial charge in [0.05, 0.1) is 21.5 Å². The predicted molar refractivity (Wildman–Crippen MR) is 83.2 cm³/mol. The van der Waals surface area contributed by atoms with Gasteiger partial charge in [0, 0.05) is 24.4 Å². The molecule has 3 rings (SSSR count). The zero-order valence-electron chi connectivity index (χ0n) is 11.7. The molecule has 0 spiro atoms. The molecule has 1 atom stereocenters. The Hall–Kier alpha value is -1.65. The molecule has 20 heavy (non-hydrogen) atoms. The highest BCUT2D eigenvalue weighted by atomic mass is 32.1. The molecule has 0 fully saturated rings. The van der Waals surface area contributed by atoms with Crippen LogP contribution in [0.1, 0.15) is 29.3 Å². The summed E-state index contributed by atoms with van der Waals surface area (Å²) < 4.78 is 6.79. The SMILES string of the molecule is CCc1occc1C(Cc1nc2ccccc2s1)NC.